The minimum atomic E-state index is -0.189. The van der Waals surface area contributed by atoms with Gasteiger partial charge in [-0.15, -0.1) is 0 Å². The van der Waals surface area contributed by atoms with E-state index in [1.54, 1.807) is 0 Å². The average molecular weight is 771 g/mol. The molecule has 1 atom stereocenters. The van der Waals surface area contributed by atoms with E-state index in [1.807, 2.05) is 0 Å². The van der Waals surface area contributed by atoms with Gasteiger partial charge in [0.25, 0.3) is 0 Å². The van der Waals surface area contributed by atoms with Crippen molar-refractivity contribution >= 4 is 72.2 Å². The topological polar surface area (TPSA) is 41.3 Å². The molecule has 6 heteroatoms. The van der Waals surface area contributed by atoms with E-state index in [2.05, 4.69) is 218 Å². The number of dihydropyridines is 1. The minimum absolute atomic E-state index is 0.189. The second-order valence-electron chi connectivity index (χ2n) is 16.0. The number of hydrogen-bond acceptors (Lipinski definition) is 4. The van der Waals surface area contributed by atoms with E-state index in [0.29, 0.717) is 0 Å². The Morgan fingerprint density at radius 2 is 0.933 bits per heavy atom. The Morgan fingerprint density at radius 3 is 1.57 bits per heavy atom. The van der Waals surface area contributed by atoms with Crippen LogP contribution in [-0.4, -0.2) is 14.1 Å². The van der Waals surface area contributed by atoms with Crippen LogP contribution in [0.5, 0.6) is 0 Å². The number of aromatic nitrogens is 3. The van der Waals surface area contributed by atoms with Crippen molar-refractivity contribution in [2.75, 3.05) is 9.80 Å². The summed E-state index contributed by atoms with van der Waals surface area (Å²) in [5.74, 6) is 2.80. The number of benzene rings is 7. The highest BCUT2D eigenvalue weighted by atomic mass is 15.3. The van der Waals surface area contributed by atoms with Gasteiger partial charge in [-0.2, -0.15) is 0 Å². The van der Waals surface area contributed by atoms with Crippen molar-refractivity contribution in [1.82, 2.24) is 19.4 Å². The first-order valence-electron chi connectivity index (χ1n) is 20.8. The van der Waals surface area contributed by atoms with Gasteiger partial charge in [-0.3, -0.25) is 14.4 Å². The molecule has 7 aromatic carbocycles. The number of rotatable bonds is 4. The molecule has 0 saturated heterocycles. The molecule has 0 amide bonds. The molecule has 3 aliphatic rings. The van der Waals surface area contributed by atoms with Crippen LogP contribution in [0, 0.1) is 0 Å². The van der Waals surface area contributed by atoms with Gasteiger partial charge in [0, 0.05) is 34.4 Å². The highest BCUT2D eigenvalue weighted by molar-refractivity contribution is 6.23. The fourth-order valence-electron chi connectivity index (χ4n) is 10.2. The van der Waals surface area contributed by atoms with Crippen LogP contribution in [0.2, 0.25) is 0 Å². The summed E-state index contributed by atoms with van der Waals surface area (Å²) in [5.41, 5.74) is 14.6. The van der Waals surface area contributed by atoms with Gasteiger partial charge in [0.1, 0.15) is 23.6 Å². The molecule has 0 radical (unpaired) electrons. The first-order valence-corrected chi connectivity index (χ1v) is 20.8. The lowest BCUT2D eigenvalue weighted by molar-refractivity contribution is 0.548. The van der Waals surface area contributed by atoms with Crippen LogP contribution in [-0.2, 0) is 12.8 Å². The van der Waals surface area contributed by atoms with E-state index in [1.165, 1.54) is 72.1 Å². The molecule has 6 heterocycles. The zero-order valence-corrected chi connectivity index (χ0v) is 32.7. The first kappa shape index (κ1) is 33.2. The Kier molecular flexibility index (Phi) is 7.10. The van der Waals surface area contributed by atoms with Gasteiger partial charge >= 0.3 is 0 Å². The Balaban J connectivity index is 1.03. The van der Waals surface area contributed by atoms with Crippen LogP contribution in [0.3, 0.4) is 0 Å². The minimum Gasteiger partial charge on any atom is -0.347 e. The Labute approximate surface area is 347 Å². The summed E-state index contributed by atoms with van der Waals surface area (Å²) < 4.78 is 4.91. The summed E-state index contributed by atoms with van der Waals surface area (Å²) >= 11 is 0. The maximum atomic E-state index is 5.59. The van der Waals surface area contributed by atoms with Crippen molar-refractivity contribution in [2.45, 2.75) is 19.0 Å². The molecule has 10 aromatic rings. The SMILES string of the molecule is C1=CC(n2c3ccccc3c3ccc4c5ccccc5n(-c5cccc(N6c7ccccc7Cc7ccccc76)n5)c4c32)NC(N2c3ccccc3Cc3ccccc32)=C1. The number of anilines is 5. The molecule has 1 unspecified atom stereocenters. The molecule has 0 aliphatic carbocycles. The summed E-state index contributed by atoms with van der Waals surface area (Å²) in [6, 6.07) is 63.7. The third-order valence-electron chi connectivity index (χ3n) is 12.7. The average Bonchev–Trinajstić information content (AvgIpc) is 3.83. The highest BCUT2D eigenvalue weighted by Gasteiger charge is 2.30. The molecule has 3 aliphatic heterocycles. The number of hydrogen-bond donors (Lipinski definition) is 1. The molecule has 6 nitrogen and oxygen atoms in total. The zero-order valence-electron chi connectivity index (χ0n) is 32.7. The van der Waals surface area contributed by atoms with E-state index in [0.717, 1.165) is 46.8 Å². The molecule has 0 fully saturated rings. The van der Waals surface area contributed by atoms with Crippen LogP contribution >= 0.6 is 0 Å². The largest absolute Gasteiger partial charge is 0.347 e. The predicted octanol–water partition coefficient (Wildman–Crippen LogP) is 12.9. The Bertz CT molecular complexity index is 3370. The van der Waals surface area contributed by atoms with Crippen LogP contribution in [0.15, 0.2) is 200 Å². The number of fused-ring (bicyclic) bond motifs is 11. The van der Waals surface area contributed by atoms with Gasteiger partial charge in [-0.25, -0.2) is 4.98 Å². The number of pyridine rings is 1. The van der Waals surface area contributed by atoms with Crippen LogP contribution < -0.4 is 15.1 Å². The fraction of sp³-hybridized carbons (Fsp3) is 0.0556. The summed E-state index contributed by atoms with van der Waals surface area (Å²) in [4.78, 5) is 10.3. The molecule has 1 N–H and O–H groups in total. The van der Waals surface area contributed by atoms with Gasteiger partial charge in [-0.1, -0.05) is 133 Å². The van der Waals surface area contributed by atoms with Crippen molar-refractivity contribution in [3.63, 3.8) is 0 Å². The second-order valence-corrected chi connectivity index (χ2v) is 16.0. The van der Waals surface area contributed by atoms with E-state index in [4.69, 9.17) is 4.98 Å². The summed E-state index contributed by atoms with van der Waals surface area (Å²) in [5, 5.41) is 8.86. The second kappa shape index (κ2) is 12.8. The van der Waals surface area contributed by atoms with E-state index in [-0.39, 0.29) is 6.17 Å². The third-order valence-corrected chi connectivity index (χ3v) is 12.7. The quantitative estimate of drug-likeness (QED) is 0.193. The normalized spacial score (nSPS) is 15.5. The van der Waals surface area contributed by atoms with Crippen molar-refractivity contribution in [1.29, 1.82) is 0 Å². The van der Waals surface area contributed by atoms with E-state index >= 15 is 0 Å². The highest BCUT2D eigenvalue weighted by Crippen LogP contribution is 2.46. The molecular weight excluding hydrogens is 733 g/mol. The van der Waals surface area contributed by atoms with Gasteiger partial charge in [0.15, 0.2) is 0 Å². The van der Waals surface area contributed by atoms with Gasteiger partial charge in [0.05, 0.1) is 44.8 Å². The smallest absolute Gasteiger partial charge is 0.140 e. The van der Waals surface area contributed by atoms with Gasteiger partial charge in [-0.05, 0) is 82.9 Å². The molecule has 60 heavy (non-hydrogen) atoms. The van der Waals surface area contributed by atoms with Gasteiger partial charge < -0.3 is 9.88 Å². The molecule has 13 rings (SSSR count). The number of para-hydroxylation sites is 6. The third kappa shape index (κ3) is 4.79. The zero-order chi connectivity index (χ0) is 39.3. The summed E-state index contributed by atoms with van der Waals surface area (Å²) in [6.07, 6.45) is 8.33. The van der Waals surface area contributed by atoms with Crippen LogP contribution in [0.4, 0.5) is 28.6 Å². The lowest BCUT2D eigenvalue weighted by atomic mass is 9.95. The first-order chi connectivity index (χ1) is 29.8. The molecule has 0 saturated carbocycles. The Hall–Kier alpha value is -7.83. The number of nitrogens with zero attached hydrogens (tertiary/aromatic N) is 5. The van der Waals surface area contributed by atoms with Crippen molar-refractivity contribution in [2.24, 2.45) is 0 Å². The predicted molar refractivity (Wildman–Crippen MR) is 246 cm³/mol. The molecular formula is C54H38N6. The lowest BCUT2D eigenvalue weighted by Crippen LogP contribution is -2.36. The van der Waals surface area contributed by atoms with E-state index in [9.17, 15) is 0 Å². The van der Waals surface area contributed by atoms with E-state index < -0.39 is 0 Å². The maximum absolute atomic E-state index is 5.59. The van der Waals surface area contributed by atoms with Crippen molar-refractivity contribution in [3.8, 4) is 5.82 Å². The molecule has 0 spiro atoms. The number of allylic oxidation sites excluding steroid dienone is 2. The van der Waals surface area contributed by atoms with Crippen LogP contribution in [0.25, 0.3) is 49.4 Å². The molecule has 0 bridgehead atoms. The molecule has 284 valence electrons. The lowest BCUT2D eigenvalue weighted by Gasteiger charge is -2.37. The monoisotopic (exact) mass is 770 g/mol. The number of nitrogens with one attached hydrogen (secondary N) is 1. The van der Waals surface area contributed by atoms with Crippen molar-refractivity contribution in [3.05, 3.63) is 222 Å². The fourth-order valence-corrected chi connectivity index (χ4v) is 10.2. The van der Waals surface area contributed by atoms with Gasteiger partial charge in [0.2, 0.25) is 0 Å². The standard InChI is InChI=1S/C54H38N6/c1-7-21-43-35(15-1)33-36-16-2-8-22-44(36)57(43)49-27-13-29-51(55-49)59-47-25-11-5-19-39(47)41-31-32-42-40-20-6-12-26-48(40)60(54(42)53(41)59)52-30-14-28-50(56-52)58-45-23-9-3-17-37(45)34-38-18-4-10-24-46(38)58/h1-32,51,55H,33-34H2. The Morgan fingerprint density at radius 1 is 0.433 bits per heavy atom. The maximum Gasteiger partial charge on any atom is 0.140 e. The van der Waals surface area contributed by atoms with Crippen molar-refractivity contribution < 1.29 is 0 Å². The van der Waals surface area contributed by atoms with Crippen LogP contribution in [0.1, 0.15) is 28.4 Å². The summed E-state index contributed by atoms with van der Waals surface area (Å²) in [7, 11) is 0. The summed E-state index contributed by atoms with van der Waals surface area (Å²) in [6.45, 7) is 0. The molecule has 3 aromatic heterocycles.